The Balaban J connectivity index is 2.02. The molecule has 5 nitrogen and oxygen atoms in total. The average molecular weight is 318 g/mol. The van der Waals surface area contributed by atoms with E-state index in [9.17, 15) is 14.7 Å². The summed E-state index contributed by atoms with van der Waals surface area (Å²) < 4.78 is 0. The maximum atomic E-state index is 12.8. The van der Waals surface area contributed by atoms with E-state index in [1.54, 1.807) is 4.90 Å². The molecule has 1 aliphatic rings. The predicted molar refractivity (Wildman–Crippen MR) is 88.9 cm³/mol. The first kappa shape index (κ1) is 17.5. The van der Waals surface area contributed by atoms with Crippen molar-refractivity contribution in [2.75, 3.05) is 13.6 Å². The number of amides is 1. The van der Waals surface area contributed by atoms with Crippen molar-refractivity contribution in [3.8, 4) is 0 Å². The molecule has 23 heavy (non-hydrogen) atoms. The van der Waals surface area contributed by atoms with E-state index >= 15 is 0 Å². The van der Waals surface area contributed by atoms with E-state index < -0.39 is 11.9 Å². The summed E-state index contributed by atoms with van der Waals surface area (Å²) in [5, 5.41) is 9.30. The van der Waals surface area contributed by atoms with Crippen molar-refractivity contribution in [2.45, 2.75) is 45.3 Å². The number of hydrogen-bond donors (Lipinski definition) is 1. The summed E-state index contributed by atoms with van der Waals surface area (Å²) in [7, 11) is 1.93. The number of aliphatic carboxylic acids is 1. The van der Waals surface area contributed by atoms with E-state index in [2.05, 4.69) is 0 Å². The fourth-order valence-electron chi connectivity index (χ4n) is 3.22. The third-order valence-corrected chi connectivity index (χ3v) is 4.88. The highest BCUT2D eigenvalue weighted by Gasteiger charge is 2.37. The summed E-state index contributed by atoms with van der Waals surface area (Å²) in [4.78, 5) is 27.9. The topological polar surface area (TPSA) is 60.9 Å². The van der Waals surface area contributed by atoms with Crippen molar-refractivity contribution < 1.29 is 14.7 Å². The van der Waals surface area contributed by atoms with Crippen LogP contribution in [0.15, 0.2) is 30.3 Å². The minimum atomic E-state index is -0.805. The van der Waals surface area contributed by atoms with Gasteiger partial charge in [0.2, 0.25) is 5.91 Å². The van der Waals surface area contributed by atoms with Gasteiger partial charge in [-0.25, -0.2) is 0 Å². The largest absolute Gasteiger partial charge is 0.481 e. The molecule has 0 aromatic heterocycles. The zero-order valence-electron chi connectivity index (χ0n) is 14.1. The van der Waals surface area contributed by atoms with Crippen LogP contribution in [0.2, 0.25) is 0 Å². The lowest BCUT2D eigenvalue weighted by molar-refractivity contribution is -0.150. The standard InChI is InChI=1S/C18H26N2O3/c1-13-16(18(22)23)10-7-11-20(13)17(21)14(2)19(3)12-15-8-5-4-6-9-15/h4-6,8-9,13-14,16H,7,10-12H2,1-3H3,(H,22,23)/t13-,14?,16-/m0/s1. The summed E-state index contributed by atoms with van der Waals surface area (Å²) in [5.74, 6) is -1.25. The Bertz CT molecular complexity index is 546. The molecule has 1 N–H and O–H groups in total. The van der Waals surface area contributed by atoms with Crippen LogP contribution in [0.1, 0.15) is 32.3 Å². The molecule has 0 bridgehead atoms. The minimum absolute atomic E-state index is 0.0156. The highest BCUT2D eigenvalue weighted by atomic mass is 16.4. The van der Waals surface area contributed by atoms with Gasteiger partial charge < -0.3 is 10.0 Å². The molecule has 0 spiro atoms. The number of rotatable bonds is 5. The molecule has 1 fully saturated rings. The first-order chi connectivity index (χ1) is 10.9. The Hall–Kier alpha value is -1.88. The van der Waals surface area contributed by atoms with Crippen LogP contribution in [0.4, 0.5) is 0 Å². The number of carboxylic acid groups (broad SMARTS) is 1. The Morgan fingerprint density at radius 1 is 1.35 bits per heavy atom. The van der Waals surface area contributed by atoms with Gasteiger partial charge >= 0.3 is 5.97 Å². The number of carbonyl (C=O) groups excluding carboxylic acids is 1. The molecule has 2 rings (SSSR count). The second-order valence-electron chi connectivity index (χ2n) is 6.44. The molecule has 5 heteroatoms. The number of likely N-dealkylation sites (tertiary alicyclic amines) is 1. The molecule has 0 radical (unpaired) electrons. The van der Waals surface area contributed by atoms with E-state index in [0.29, 0.717) is 19.5 Å². The molecule has 0 aliphatic carbocycles. The second kappa shape index (κ2) is 7.59. The van der Waals surface area contributed by atoms with E-state index in [0.717, 1.165) is 12.0 Å². The number of nitrogens with zero attached hydrogens (tertiary/aromatic N) is 2. The van der Waals surface area contributed by atoms with Crippen molar-refractivity contribution in [3.63, 3.8) is 0 Å². The SMILES string of the molecule is CC(C(=O)N1CCC[C@H](C(=O)O)[C@@H]1C)N(C)Cc1ccccc1. The monoisotopic (exact) mass is 318 g/mol. The smallest absolute Gasteiger partial charge is 0.308 e. The number of piperidine rings is 1. The number of carboxylic acids is 1. The van der Waals surface area contributed by atoms with Crippen LogP contribution in [-0.2, 0) is 16.1 Å². The van der Waals surface area contributed by atoms with Gasteiger partial charge in [-0.15, -0.1) is 0 Å². The predicted octanol–water partition coefficient (Wildman–Crippen LogP) is 2.22. The number of benzene rings is 1. The third-order valence-electron chi connectivity index (χ3n) is 4.88. The molecular weight excluding hydrogens is 292 g/mol. The Kier molecular flexibility index (Phi) is 5.77. The molecule has 1 aliphatic heterocycles. The van der Waals surface area contributed by atoms with Gasteiger partial charge in [-0.3, -0.25) is 14.5 Å². The van der Waals surface area contributed by atoms with Crippen molar-refractivity contribution in [2.24, 2.45) is 5.92 Å². The number of carbonyl (C=O) groups is 2. The summed E-state index contributed by atoms with van der Waals surface area (Å²) in [6.07, 6.45) is 1.40. The van der Waals surface area contributed by atoms with Crippen molar-refractivity contribution in [1.82, 2.24) is 9.80 Å². The average Bonchev–Trinajstić information content (AvgIpc) is 2.54. The molecule has 1 aromatic carbocycles. The molecule has 1 heterocycles. The highest BCUT2D eigenvalue weighted by molar-refractivity contribution is 5.83. The van der Waals surface area contributed by atoms with Crippen LogP contribution in [0.25, 0.3) is 0 Å². The highest BCUT2D eigenvalue weighted by Crippen LogP contribution is 2.25. The van der Waals surface area contributed by atoms with Crippen molar-refractivity contribution in [3.05, 3.63) is 35.9 Å². The van der Waals surface area contributed by atoms with E-state index in [1.807, 2.05) is 56.1 Å². The van der Waals surface area contributed by atoms with Gasteiger partial charge in [-0.05, 0) is 39.3 Å². The molecule has 1 saturated heterocycles. The second-order valence-corrected chi connectivity index (χ2v) is 6.44. The fraction of sp³-hybridized carbons (Fsp3) is 0.556. The van der Waals surface area contributed by atoms with Gasteiger partial charge in [0.25, 0.3) is 0 Å². The minimum Gasteiger partial charge on any atom is -0.481 e. The van der Waals surface area contributed by atoms with Gasteiger partial charge in [0.15, 0.2) is 0 Å². The van der Waals surface area contributed by atoms with Crippen LogP contribution in [0.5, 0.6) is 0 Å². The first-order valence-corrected chi connectivity index (χ1v) is 8.19. The van der Waals surface area contributed by atoms with Crippen molar-refractivity contribution in [1.29, 1.82) is 0 Å². The summed E-state index contributed by atoms with van der Waals surface area (Å²) in [5.41, 5.74) is 1.16. The quantitative estimate of drug-likeness (QED) is 0.904. The summed E-state index contributed by atoms with van der Waals surface area (Å²) in [6, 6.07) is 9.50. The van der Waals surface area contributed by atoms with Gasteiger partial charge in [0.05, 0.1) is 12.0 Å². The Morgan fingerprint density at radius 3 is 2.61 bits per heavy atom. The molecular formula is C18H26N2O3. The van der Waals surface area contributed by atoms with Crippen LogP contribution in [0.3, 0.4) is 0 Å². The summed E-state index contributed by atoms with van der Waals surface area (Å²) in [6.45, 7) is 5.08. The maximum absolute atomic E-state index is 12.8. The Morgan fingerprint density at radius 2 is 2.00 bits per heavy atom. The zero-order valence-corrected chi connectivity index (χ0v) is 14.1. The third kappa shape index (κ3) is 4.10. The molecule has 3 atom stereocenters. The van der Waals surface area contributed by atoms with E-state index in [-0.39, 0.29) is 18.0 Å². The number of likely N-dealkylation sites (N-methyl/N-ethyl adjacent to an activating group) is 1. The van der Waals surface area contributed by atoms with Crippen LogP contribution in [-0.4, -0.2) is 52.5 Å². The lowest BCUT2D eigenvalue weighted by Gasteiger charge is -2.40. The van der Waals surface area contributed by atoms with Crippen LogP contribution >= 0.6 is 0 Å². The van der Waals surface area contributed by atoms with Crippen LogP contribution < -0.4 is 0 Å². The lowest BCUT2D eigenvalue weighted by Crippen LogP contribution is -2.54. The lowest BCUT2D eigenvalue weighted by atomic mass is 9.90. The molecule has 1 aromatic rings. The maximum Gasteiger partial charge on any atom is 0.308 e. The van der Waals surface area contributed by atoms with Gasteiger partial charge in [0.1, 0.15) is 0 Å². The normalized spacial score (nSPS) is 22.9. The molecule has 1 unspecified atom stereocenters. The van der Waals surface area contributed by atoms with Gasteiger partial charge in [-0.2, -0.15) is 0 Å². The van der Waals surface area contributed by atoms with Gasteiger partial charge in [-0.1, -0.05) is 30.3 Å². The first-order valence-electron chi connectivity index (χ1n) is 8.19. The molecule has 1 amide bonds. The fourth-order valence-corrected chi connectivity index (χ4v) is 3.22. The van der Waals surface area contributed by atoms with Crippen LogP contribution in [0, 0.1) is 5.92 Å². The number of hydrogen-bond acceptors (Lipinski definition) is 3. The summed E-state index contributed by atoms with van der Waals surface area (Å²) >= 11 is 0. The molecule has 126 valence electrons. The van der Waals surface area contributed by atoms with Crippen molar-refractivity contribution >= 4 is 11.9 Å². The van der Waals surface area contributed by atoms with Gasteiger partial charge in [0, 0.05) is 19.1 Å². The zero-order chi connectivity index (χ0) is 17.0. The van der Waals surface area contributed by atoms with E-state index in [4.69, 9.17) is 0 Å². The molecule has 0 saturated carbocycles. The van der Waals surface area contributed by atoms with E-state index in [1.165, 1.54) is 0 Å². The Labute approximate surface area is 137 Å².